The van der Waals surface area contributed by atoms with Gasteiger partial charge in [0.2, 0.25) is 0 Å². The highest BCUT2D eigenvalue weighted by Gasteiger charge is 2.42. The molecule has 0 aliphatic heterocycles. The molecule has 1 aromatic carbocycles. The van der Waals surface area contributed by atoms with Crippen LogP contribution in [0.1, 0.15) is 31.2 Å². The van der Waals surface area contributed by atoms with Gasteiger partial charge in [-0.05, 0) is 49.3 Å². The summed E-state index contributed by atoms with van der Waals surface area (Å²) in [6.07, 6.45) is -3.31. The second-order valence-corrected chi connectivity index (χ2v) is 6.98. The van der Waals surface area contributed by atoms with E-state index in [1.807, 2.05) is 12.1 Å². The summed E-state index contributed by atoms with van der Waals surface area (Å²) in [6, 6.07) is 5.43. The zero-order valence-electron chi connectivity index (χ0n) is 11.3. The summed E-state index contributed by atoms with van der Waals surface area (Å²) in [5.41, 5.74) is 0.824. The minimum atomic E-state index is -4.11. The van der Waals surface area contributed by atoms with E-state index < -0.39 is 18.2 Å². The standard InChI is InChI=1S/C15H17BrClF3O/c16-12-6-3-10(13(17)8-12)7-14(21)9-1-4-11(5-2-9)15(18,19)20/h3,6,8-9,11,14,21H,1-2,4-5,7H2. The monoisotopic (exact) mass is 384 g/mol. The van der Waals surface area contributed by atoms with Gasteiger partial charge in [-0.25, -0.2) is 0 Å². The van der Waals surface area contributed by atoms with Crippen molar-refractivity contribution in [2.45, 2.75) is 44.4 Å². The van der Waals surface area contributed by atoms with Crippen molar-refractivity contribution < 1.29 is 18.3 Å². The van der Waals surface area contributed by atoms with Gasteiger partial charge in [-0.15, -0.1) is 0 Å². The molecule has 1 atom stereocenters. The summed E-state index contributed by atoms with van der Waals surface area (Å²) in [5.74, 6) is -1.29. The van der Waals surface area contributed by atoms with E-state index in [2.05, 4.69) is 15.9 Å². The molecule has 0 aromatic heterocycles. The smallest absolute Gasteiger partial charge is 0.391 e. The third kappa shape index (κ3) is 4.60. The van der Waals surface area contributed by atoms with Gasteiger partial charge in [0, 0.05) is 15.9 Å². The third-order valence-electron chi connectivity index (χ3n) is 4.22. The Hall–Kier alpha value is -0.260. The van der Waals surface area contributed by atoms with E-state index in [0.29, 0.717) is 24.3 Å². The average Bonchev–Trinajstić information content (AvgIpc) is 2.41. The molecular weight excluding hydrogens is 369 g/mol. The Morgan fingerprint density at radius 3 is 2.38 bits per heavy atom. The summed E-state index contributed by atoms with van der Waals surface area (Å²) in [5, 5.41) is 10.8. The molecule has 21 heavy (non-hydrogen) atoms. The van der Waals surface area contributed by atoms with E-state index in [-0.39, 0.29) is 18.8 Å². The summed E-state index contributed by atoms with van der Waals surface area (Å²) in [4.78, 5) is 0. The number of rotatable bonds is 3. The Morgan fingerprint density at radius 1 is 1.24 bits per heavy atom. The third-order valence-corrected chi connectivity index (χ3v) is 5.07. The molecule has 6 heteroatoms. The van der Waals surface area contributed by atoms with Crippen LogP contribution in [0.15, 0.2) is 22.7 Å². The summed E-state index contributed by atoms with van der Waals surface area (Å²) < 4.78 is 38.7. The molecular formula is C15H17BrClF3O. The molecule has 0 bridgehead atoms. The van der Waals surface area contributed by atoms with Crippen molar-refractivity contribution in [3.05, 3.63) is 33.3 Å². The van der Waals surface area contributed by atoms with Crippen molar-refractivity contribution in [3.8, 4) is 0 Å². The van der Waals surface area contributed by atoms with Crippen molar-refractivity contribution in [1.29, 1.82) is 0 Å². The lowest BCUT2D eigenvalue weighted by Gasteiger charge is -2.32. The molecule has 118 valence electrons. The van der Waals surface area contributed by atoms with Gasteiger partial charge in [0.1, 0.15) is 0 Å². The summed E-state index contributed by atoms with van der Waals surface area (Å²) >= 11 is 9.42. The zero-order valence-corrected chi connectivity index (χ0v) is 13.7. The Kier molecular flexibility index (Phi) is 5.60. The maximum Gasteiger partial charge on any atom is 0.391 e. The largest absolute Gasteiger partial charge is 0.392 e. The number of aliphatic hydroxyl groups excluding tert-OH is 1. The highest BCUT2D eigenvalue weighted by atomic mass is 79.9. The van der Waals surface area contributed by atoms with Crippen LogP contribution in [0, 0.1) is 11.8 Å². The second-order valence-electron chi connectivity index (χ2n) is 5.66. The van der Waals surface area contributed by atoms with Gasteiger partial charge < -0.3 is 5.11 Å². The van der Waals surface area contributed by atoms with Crippen molar-refractivity contribution in [2.24, 2.45) is 11.8 Å². The van der Waals surface area contributed by atoms with E-state index in [9.17, 15) is 18.3 Å². The van der Waals surface area contributed by atoms with E-state index in [4.69, 9.17) is 11.6 Å². The lowest BCUT2D eigenvalue weighted by molar-refractivity contribution is -0.185. The van der Waals surface area contributed by atoms with E-state index in [0.717, 1.165) is 10.0 Å². The summed E-state index contributed by atoms with van der Waals surface area (Å²) in [7, 11) is 0. The molecule has 1 N–H and O–H groups in total. The number of aliphatic hydroxyl groups is 1. The van der Waals surface area contributed by atoms with Crippen molar-refractivity contribution in [2.75, 3.05) is 0 Å². The molecule has 1 aliphatic rings. The molecule has 2 rings (SSSR count). The van der Waals surface area contributed by atoms with Crippen LogP contribution in [0.2, 0.25) is 5.02 Å². The molecule has 1 nitrogen and oxygen atoms in total. The lowest BCUT2D eigenvalue weighted by Crippen LogP contribution is -2.32. The molecule has 0 amide bonds. The molecule has 0 heterocycles. The Balaban J connectivity index is 1.92. The van der Waals surface area contributed by atoms with Gasteiger partial charge in [-0.1, -0.05) is 33.6 Å². The zero-order chi connectivity index (χ0) is 15.6. The van der Waals surface area contributed by atoms with Crippen LogP contribution < -0.4 is 0 Å². The molecule has 1 aromatic rings. The minimum absolute atomic E-state index is 0.0803. The summed E-state index contributed by atoms with van der Waals surface area (Å²) in [6.45, 7) is 0. The van der Waals surface area contributed by atoms with Crippen LogP contribution in [0.25, 0.3) is 0 Å². The van der Waals surface area contributed by atoms with Crippen LogP contribution in [0.4, 0.5) is 13.2 Å². The number of hydrogen-bond donors (Lipinski definition) is 1. The first-order valence-corrected chi connectivity index (χ1v) is 8.13. The fourth-order valence-electron chi connectivity index (χ4n) is 2.91. The van der Waals surface area contributed by atoms with E-state index in [1.54, 1.807) is 6.07 Å². The molecule has 0 spiro atoms. The van der Waals surface area contributed by atoms with Gasteiger partial charge in [0.05, 0.1) is 12.0 Å². The highest BCUT2D eigenvalue weighted by molar-refractivity contribution is 9.10. The van der Waals surface area contributed by atoms with Gasteiger partial charge in [-0.2, -0.15) is 13.2 Å². The van der Waals surface area contributed by atoms with E-state index >= 15 is 0 Å². The molecule has 1 aliphatic carbocycles. The van der Waals surface area contributed by atoms with Crippen LogP contribution >= 0.6 is 27.5 Å². The van der Waals surface area contributed by atoms with Crippen molar-refractivity contribution >= 4 is 27.5 Å². The minimum Gasteiger partial charge on any atom is -0.392 e. The van der Waals surface area contributed by atoms with Crippen LogP contribution in [-0.4, -0.2) is 17.4 Å². The lowest BCUT2D eigenvalue weighted by atomic mass is 9.78. The van der Waals surface area contributed by atoms with Crippen LogP contribution in [0.3, 0.4) is 0 Å². The molecule has 1 unspecified atom stereocenters. The Labute approximate surface area is 135 Å². The number of benzene rings is 1. The normalized spacial score (nSPS) is 24.9. The first-order chi connectivity index (χ1) is 9.77. The van der Waals surface area contributed by atoms with E-state index in [1.165, 1.54) is 0 Å². The van der Waals surface area contributed by atoms with Crippen molar-refractivity contribution in [3.63, 3.8) is 0 Å². The van der Waals surface area contributed by atoms with Gasteiger partial charge in [0.25, 0.3) is 0 Å². The highest BCUT2D eigenvalue weighted by Crippen LogP contribution is 2.41. The fourth-order valence-corrected chi connectivity index (χ4v) is 3.66. The van der Waals surface area contributed by atoms with Gasteiger partial charge in [0.15, 0.2) is 0 Å². The Bertz CT molecular complexity index is 484. The number of halogens is 5. The average molecular weight is 386 g/mol. The fraction of sp³-hybridized carbons (Fsp3) is 0.600. The Morgan fingerprint density at radius 2 is 1.86 bits per heavy atom. The molecule has 0 saturated heterocycles. The maximum atomic E-state index is 12.6. The predicted octanol–water partition coefficient (Wildman–Crippen LogP) is 5.37. The quantitative estimate of drug-likeness (QED) is 0.741. The molecule has 1 fully saturated rings. The number of hydrogen-bond acceptors (Lipinski definition) is 1. The van der Waals surface area contributed by atoms with Crippen LogP contribution in [0.5, 0.6) is 0 Å². The predicted molar refractivity (Wildman–Crippen MR) is 80.4 cm³/mol. The topological polar surface area (TPSA) is 20.2 Å². The maximum absolute atomic E-state index is 12.6. The molecule has 1 saturated carbocycles. The first-order valence-electron chi connectivity index (χ1n) is 6.96. The van der Waals surface area contributed by atoms with Gasteiger partial charge >= 0.3 is 6.18 Å². The SMILES string of the molecule is OC(Cc1ccc(Br)cc1Cl)C1CCC(C(F)(F)F)CC1. The molecule has 0 radical (unpaired) electrons. The first kappa shape index (κ1) is 17.1. The number of alkyl halides is 3. The van der Waals surface area contributed by atoms with Gasteiger partial charge in [-0.3, -0.25) is 0 Å². The van der Waals surface area contributed by atoms with Crippen molar-refractivity contribution in [1.82, 2.24) is 0 Å². The second kappa shape index (κ2) is 6.88. The van der Waals surface area contributed by atoms with Crippen LogP contribution in [-0.2, 0) is 6.42 Å².